The number of nitrogens with one attached hydrogen (secondary N) is 2. The van der Waals surface area contributed by atoms with Crippen molar-refractivity contribution in [1.82, 2.24) is 15.8 Å². The van der Waals surface area contributed by atoms with E-state index in [1.165, 1.54) is 24.0 Å². The van der Waals surface area contributed by atoms with Crippen LogP contribution in [-0.2, 0) is 6.54 Å². The highest BCUT2D eigenvalue weighted by Crippen LogP contribution is 2.31. The molecule has 1 aliphatic rings. The highest BCUT2D eigenvalue weighted by Gasteiger charge is 2.22. The largest absolute Gasteiger partial charge is 0.493 e. The summed E-state index contributed by atoms with van der Waals surface area (Å²) < 4.78 is 11.4. The van der Waals surface area contributed by atoms with Gasteiger partial charge in [-0.1, -0.05) is 24.2 Å². The van der Waals surface area contributed by atoms with E-state index in [0.717, 1.165) is 54.3 Å². The van der Waals surface area contributed by atoms with E-state index in [9.17, 15) is 0 Å². The number of hydrogen-bond donors (Lipinski definition) is 2. The molecule has 1 fully saturated rings. The molecule has 1 aliphatic carbocycles. The lowest BCUT2D eigenvalue weighted by Gasteiger charge is -2.16. The maximum atomic E-state index is 6.08. The van der Waals surface area contributed by atoms with E-state index in [4.69, 9.17) is 14.3 Å². The van der Waals surface area contributed by atoms with Gasteiger partial charge in [0, 0.05) is 30.1 Å². The normalized spacial score (nSPS) is 14.8. The van der Waals surface area contributed by atoms with E-state index in [-0.39, 0.29) is 29.9 Å². The molecule has 1 aromatic carbocycles. The minimum Gasteiger partial charge on any atom is -0.493 e. The molecule has 1 aromatic heterocycles. The van der Waals surface area contributed by atoms with Crippen molar-refractivity contribution in [2.24, 2.45) is 10.9 Å². The predicted octanol–water partition coefficient (Wildman–Crippen LogP) is 4.87. The fourth-order valence-electron chi connectivity index (χ4n) is 3.47. The number of benzene rings is 1. The van der Waals surface area contributed by atoms with Crippen LogP contribution in [0.5, 0.6) is 5.75 Å². The summed E-state index contributed by atoms with van der Waals surface area (Å²) in [6.07, 6.45) is 2.58. The lowest BCUT2D eigenvalue weighted by Crippen LogP contribution is -2.39. The van der Waals surface area contributed by atoms with Gasteiger partial charge in [-0.15, -0.1) is 24.0 Å². The number of aromatic nitrogens is 1. The molecule has 0 radical (unpaired) electrons. The first kappa shape index (κ1) is 24.5. The summed E-state index contributed by atoms with van der Waals surface area (Å²) >= 11 is 0. The minimum atomic E-state index is 0. The zero-order valence-electron chi connectivity index (χ0n) is 18.7. The van der Waals surface area contributed by atoms with Crippen molar-refractivity contribution < 1.29 is 9.26 Å². The summed E-state index contributed by atoms with van der Waals surface area (Å²) in [5, 5.41) is 10.9. The van der Waals surface area contributed by atoms with Crippen molar-refractivity contribution in [3.63, 3.8) is 0 Å². The Balaban J connectivity index is 0.00000320. The maximum absolute atomic E-state index is 6.08. The van der Waals surface area contributed by atoms with Crippen LogP contribution in [0.1, 0.15) is 60.8 Å². The van der Waals surface area contributed by atoms with Crippen molar-refractivity contribution in [3.05, 3.63) is 46.3 Å². The van der Waals surface area contributed by atoms with Crippen LogP contribution in [-0.4, -0.2) is 30.8 Å². The number of guanidine groups is 1. The molecule has 2 N–H and O–H groups in total. The Morgan fingerprint density at radius 2 is 2.03 bits per heavy atom. The molecular formula is C23H35IN4O2. The number of nitrogens with zero attached hydrogens (tertiary/aromatic N) is 2. The highest BCUT2D eigenvalue weighted by atomic mass is 127. The molecule has 7 heteroatoms. The van der Waals surface area contributed by atoms with Gasteiger partial charge in [-0.25, -0.2) is 4.99 Å². The van der Waals surface area contributed by atoms with Crippen molar-refractivity contribution in [1.29, 1.82) is 0 Å². The van der Waals surface area contributed by atoms with Crippen molar-refractivity contribution in [2.45, 2.75) is 59.9 Å². The first-order chi connectivity index (χ1) is 14.0. The third-order valence-electron chi connectivity index (χ3n) is 5.30. The first-order valence-corrected chi connectivity index (χ1v) is 10.6. The van der Waals surface area contributed by atoms with Crippen LogP contribution in [0.2, 0.25) is 0 Å². The molecule has 0 aliphatic heterocycles. The summed E-state index contributed by atoms with van der Waals surface area (Å²) in [4.78, 5) is 4.79. The molecule has 3 rings (SSSR count). The number of rotatable bonds is 9. The van der Waals surface area contributed by atoms with Gasteiger partial charge in [0.15, 0.2) is 5.96 Å². The zero-order chi connectivity index (χ0) is 20.8. The van der Waals surface area contributed by atoms with E-state index < -0.39 is 0 Å². The van der Waals surface area contributed by atoms with Crippen LogP contribution in [0.4, 0.5) is 0 Å². The Morgan fingerprint density at radius 3 is 2.67 bits per heavy atom. The topological polar surface area (TPSA) is 71.7 Å². The lowest BCUT2D eigenvalue weighted by molar-refractivity contribution is 0.296. The van der Waals surface area contributed by atoms with Gasteiger partial charge in [0.25, 0.3) is 0 Å². The quantitative estimate of drug-likeness (QED) is 0.277. The molecule has 0 spiro atoms. The Labute approximate surface area is 197 Å². The fraction of sp³-hybridized carbons (Fsp3) is 0.565. The number of halogens is 1. The summed E-state index contributed by atoms with van der Waals surface area (Å²) in [6, 6.07) is 6.36. The Bertz CT molecular complexity index is 826. The summed E-state index contributed by atoms with van der Waals surface area (Å²) in [5.74, 6) is 3.66. The Morgan fingerprint density at radius 1 is 1.27 bits per heavy atom. The first-order valence-electron chi connectivity index (χ1n) is 10.6. The smallest absolute Gasteiger partial charge is 0.191 e. The van der Waals surface area contributed by atoms with Gasteiger partial charge in [-0.05, 0) is 58.1 Å². The lowest BCUT2D eigenvalue weighted by atomic mass is 10.00. The second-order valence-corrected chi connectivity index (χ2v) is 8.08. The monoisotopic (exact) mass is 526 g/mol. The molecule has 2 aromatic rings. The van der Waals surface area contributed by atoms with Gasteiger partial charge in [0.1, 0.15) is 11.5 Å². The molecule has 0 bridgehead atoms. The van der Waals surface area contributed by atoms with Crippen LogP contribution < -0.4 is 15.4 Å². The van der Waals surface area contributed by atoms with Crippen molar-refractivity contribution >= 4 is 29.9 Å². The third kappa shape index (κ3) is 6.89. The Hall–Kier alpha value is -1.77. The predicted molar refractivity (Wildman–Crippen MR) is 132 cm³/mol. The van der Waals surface area contributed by atoms with Crippen molar-refractivity contribution in [3.8, 4) is 5.75 Å². The average Bonchev–Trinajstić information content (AvgIpc) is 3.46. The summed E-state index contributed by atoms with van der Waals surface area (Å²) in [7, 11) is 0. The minimum absolute atomic E-state index is 0. The van der Waals surface area contributed by atoms with E-state index >= 15 is 0 Å². The average molecular weight is 526 g/mol. The summed E-state index contributed by atoms with van der Waals surface area (Å²) in [5.41, 5.74) is 4.45. The molecule has 30 heavy (non-hydrogen) atoms. The third-order valence-corrected chi connectivity index (χ3v) is 5.30. The molecule has 1 unspecified atom stereocenters. The van der Waals surface area contributed by atoms with Crippen LogP contribution in [0.3, 0.4) is 0 Å². The van der Waals surface area contributed by atoms with E-state index in [0.29, 0.717) is 6.54 Å². The number of aryl methyl sites for hydroxylation is 3. The maximum Gasteiger partial charge on any atom is 0.191 e. The molecule has 0 saturated heterocycles. The van der Waals surface area contributed by atoms with E-state index in [2.05, 4.69) is 54.8 Å². The zero-order valence-corrected chi connectivity index (χ0v) is 21.1. The fourth-order valence-corrected chi connectivity index (χ4v) is 3.47. The number of ether oxygens (including phenoxy) is 1. The highest BCUT2D eigenvalue weighted by molar-refractivity contribution is 14.0. The van der Waals surface area contributed by atoms with Crippen LogP contribution >= 0.6 is 24.0 Å². The van der Waals surface area contributed by atoms with Gasteiger partial charge in [-0.2, -0.15) is 0 Å². The van der Waals surface area contributed by atoms with Crippen molar-refractivity contribution in [2.75, 3.05) is 19.7 Å². The number of hydrogen-bond acceptors (Lipinski definition) is 4. The molecule has 1 saturated carbocycles. The standard InChI is InChI=1S/C23H34N4O2.HI/c1-6-24-23(25-12-16(3)22-17(4)27-29-18(22)5)26-13-20-10-7-15(2)11-21(20)28-14-19-8-9-19;/h7,10-11,16,19H,6,8-9,12-14H2,1-5H3,(H2,24,25,26);1H. The second kappa shape index (κ2) is 11.6. The van der Waals surface area contributed by atoms with E-state index in [1.54, 1.807) is 0 Å². The molecule has 1 atom stereocenters. The van der Waals surface area contributed by atoms with E-state index in [1.807, 2.05) is 13.8 Å². The molecule has 1 heterocycles. The molecule has 6 nitrogen and oxygen atoms in total. The molecular weight excluding hydrogens is 491 g/mol. The van der Waals surface area contributed by atoms with Crippen LogP contribution in [0, 0.1) is 26.7 Å². The van der Waals surface area contributed by atoms with Crippen LogP contribution in [0.25, 0.3) is 0 Å². The second-order valence-electron chi connectivity index (χ2n) is 8.08. The van der Waals surface area contributed by atoms with Gasteiger partial charge in [0.2, 0.25) is 0 Å². The SMILES string of the molecule is CCNC(=NCc1ccc(C)cc1OCC1CC1)NCC(C)c1c(C)noc1C.I. The molecule has 0 amide bonds. The Kier molecular flexibility index (Phi) is 9.45. The van der Waals surface area contributed by atoms with Gasteiger partial charge >= 0.3 is 0 Å². The van der Waals surface area contributed by atoms with Gasteiger partial charge in [0.05, 0.1) is 18.8 Å². The van der Waals surface area contributed by atoms with Gasteiger partial charge in [-0.3, -0.25) is 0 Å². The van der Waals surface area contributed by atoms with Gasteiger partial charge < -0.3 is 19.9 Å². The van der Waals surface area contributed by atoms with Crippen LogP contribution in [0.15, 0.2) is 27.7 Å². The summed E-state index contributed by atoms with van der Waals surface area (Å²) in [6.45, 7) is 13.3. The molecule has 166 valence electrons. The number of aliphatic imine (C=N–C) groups is 1.